The van der Waals surface area contributed by atoms with Crippen molar-refractivity contribution in [3.8, 4) is 0 Å². The molecule has 0 aromatic heterocycles. The van der Waals surface area contributed by atoms with Crippen molar-refractivity contribution >= 4 is 33.6 Å². The van der Waals surface area contributed by atoms with Gasteiger partial charge in [0.2, 0.25) is 0 Å². The summed E-state index contributed by atoms with van der Waals surface area (Å²) in [5.74, 6) is 0.0249. The molecule has 0 aliphatic carbocycles. The molecule has 0 unspecified atom stereocenters. The molecule has 0 atom stereocenters. The van der Waals surface area contributed by atoms with E-state index in [2.05, 4.69) is 35.1 Å². The van der Waals surface area contributed by atoms with Crippen LogP contribution in [0.5, 0.6) is 0 Å². The van der Waals surface area contributed by atoms with E-state index >= 15 is 0 Å². The van der Waals surface area contributed by atoms with Gasteiger partial charge in [0.25, 0.3) is 5.91 Å². The first kappa shape index (κ1) is 16.6. The Kier molecular flexibility index (Phi) is 6.94. The maximum Gasteiger partial charge on any atom is 0.252 e. The summed E-state index contributed by atoms with van der Waals surface area (Å²) < 4.78 is 0. The Morgan fingerprint density at radius 2 is 2.05 bits per heavy atom. The second kappa shape index (κ2) is 7.95. The van der Waals surface area contributed by atoms with Crippen molar-refractivity contribution in [1.29, 1.82) is 0 Å². The molecule has 0 spiro atoms. The molecule has 1 aromatic carbocycles. The van der Waals surface area contributed by atoms with Crippen molar-refractivity contribution in [2.24, 2.45) is 5.41 Å². The molecule has 4 heteroatoms. The predicted octanol–water partition coefficient (Wildman–Crippen LogP) is 4.34. The summed E-state index contributed by atoms with van der Waals surface area (Å²) in [4.78, 5) is 13.2. The van der Waals surface area contributed by atoms with E-state index in [0.29, 0.717) is 6.54 Å². The Labute approximate surface area is 128 Å². The van der Waals surface area contributed by atoms with Crippen LogP contribution in [0.2, 0.25) is 0 Å². The van der Waals surface area contributed by atoms with Crippen LogP contribution in [0.4, 0.5) is 0 Å². The molecular weight excluding hydrogens is 322 g/mol. The molecule has 1 amide bonds. The van der Waals surface area contributed by atoms with E-state index in [4.69, 9.17) is 0 Å². The largest absolute Gasteiger partial charge is 0.351 e. The summed E-state index contributed by atoms with van der Waals surface area (Å²) >= 11 is 5.05. The van der Waals surface area contributed by atoms with E-state index in [1.54, 1.807) is 11.8 Å². The highest BCUT2D eigenvalue weighted by molar-refractivity contribution is 9.09. The molecule has 0 radical (unpaired) electrons. The van der Waals surface area contributed by atoms with E-state index in [0.717, 1.165) is 28.6 Å². The molecule has 0 aliphatic rings. The number of benzene rings is 1. The topological polar surface area (TPSA) is 29.1 Å². The first-order valence-electron chi connectivity index (χ1n) is 6.47. The fraction of sp³-hybridized carbons (Fsp3) is 0.533. The Bertz CT molecular complexity index is 420. The highest BCUT2D eigenvalue weighted by atomic mass is 79.9. The van der Waals surface area contributed by atoms with Crippen molar-refractivity contribution < 1.29 is 4.79 Å². The molecule has 2 nitrogen and oxygen atoms in total. The Morgan fingerprint density at radius 3 is 2.68 bits per heavy atom. The molecular formula is C15H22BrNOS. The van der Waals surface area contributed by atoms with Gasteiger partial charge >= 0.3 is 0 Å². The van der Waals surface area contributed by atoms with Gasteiger partial charge in [-0.1, -0.05) is 41.9 Å². The average molecular weight is 344 g/mol. The van der Waals surface area contributed by atoms with Gasteiger partial charge in [0.15, 0.2) is 0 Å². The number of hydrogen-bond acceptors (Lipinski definition) is 2. The minimum atomic E-state index is 0.0249. The van der Waals surface area contributed by atoms with E-state index in [9.17, 15) is 4.79 Å². The maximum atomic E-state index is 12.2. The van der Waals surface area contributed by atoms with Crippen molar-refractivity contribution in [1.82, 2.24) is 5.32 Å². The zero-order chi connectivity index (χ0) is 14.3. The van der Waals surface area contributed by atoms with Crippen LogP contribution in [0.3, 0.4) is 0 Å². The zero-order valence-corrected chi connectivity index (χ0v) is 14.2. The predicted molar refractivity (Wildman–Crippen MR) is 87.4 cm³/mol. The number of rotatable bonds is 7. The highest BCUT2D eigenvalue weighted by Gasteiger charge is 2.19. The maximum absolute atomic E-state index is 12.2. The van der Waals surface area contributed by atoms with Crippen LogP contribution < -0.4 is 5.32 Å². The Balaban J connectivity index is 2.60. The zero-order valence-electron chi connectivity index (χ0n) is 11.8. The fourth-order valence-corrected chi connectivity index (χ4v) is 2.76. The summed E-state index contributed by atoms with van der Waals surface area (Å²) in [6, 6.07) is 7.73. The molecule has 0 bridgehead atoms. The van der Waals surface area contributed by atoms with Crippen molar-refractivity contribution in [3.05, 3.63) is 29.8 Å². The summed E-state index contributed by atoms with van der Waals surface area (Å²) in [6.07, 6.45) is 4.22. The van der Waals surface area contributed by atoms with Gasteiger partial charge in [-0.25, -0.2) is 0 Å². The summed E-state index contributed by atoms with van der Waals surface area (Å²) in [6.45, 7) is 5.09. The van der Waals surface area contributed by atoms with Gasteiger partial charge < -0.3 is 5.32 Å². The first-order valence-corrected chi connectivity index (χ1v) is 8.82. The molecule has 0 saturated heterocycles. The number of amides is 1. The molecule has 1 aromatic rings. The lowest BCUT2D eigenvalue weighted by Crippen LogP contribution is -2.34. The Hall–Kier alpha value is -0.480. The molecule has 106 valence electrons. The van der Waals surface area contributed by atoms with Crippen LogP contribution in [0.15, 0.2) is 29.2 Å². The van der Waals surface area contributed by atoms with Crippen LogP contribution >= 0.6 is 27.7 Å². The van der Waals surface area contributed by atoms with Crippen LogP contribution in [0.1, 0.15) is 37.0 Å². The van der Waals surface area contributed by atoms with Gasteiger partial charge in [-0.05, 0) is 36.6 Å². The van der Waals surface area contributed by atoms with E-state index in [1.165, 1.54) is 0 Å². The molecule has 0 heterocycles. The number of hydrogen-bond donors (Lipinski definition) is 1. The number of halogens is 1. The standard InChI is InChI=1S/C15H22BrNOS/c1-15(2,9-6-10-16)11-17-14(18)12-7-4-5-8-13(12)19-3/h4-5,7-8H,6,9-11H2,1-3H3,(H,17,18). The van der Waals surface area contributed by atoms with E-state index < -0.39 is 0 Å². The van der Waals surface area contributed by atoms with Gasteiger partial charge in [-0.15, -0.1) is 11.8 Å². The van der Waals surface area contributed by atoms with Crippen molar-refractivity contribution in [2.45, 2.75) is 31.6 Å². The van der Waals surface area contributed by atoms with Crippen molar-refractivity contribution in [3.63, 3.8) is 0 Å². The second-order valence-electron chi connectivity index (χ2n) is 5.34. The van der Waals surface area contributed by atoms with Gasteiger partial charge in [-0.3, -0.25) is 4.79 Å². The molecule has 1 N–H and O–H groups in total. The number of alkyl halides is 1. The molecule has 19 heavy (non-hydrogen) atoms. The van der Waals surface area contributed by atoms with Gasteiger partial charge in [0.05, 0.1) is 5.56 Å². The lowest BCUT2D eigenvalue weighted by Gasteiger charge is -2.24. The Morgan fingerprint density at radius 1 is 1.37 bits per heavy atom. The third kappa shape index (κ3) is 5.57. The number of thioether (sulfide) groups is 1. The van der Waals surface area contributed by atoms with Gasteiger partial charge in [0.1, 0.15) is 0 Å². The summed E-state index contributed by atoms with van der Waals surface area (Å²) in [5.41, 5.74) is 0.906. The van der Waals surface area contributed by atoms with Crippen LogP contribution in [-0.2, 0) is 0 Å². The van der Waals surface area contributed by atoms with Gasteiger partial charge in [0, 0.05) is 16.8 Å². The lowest BCUT2D eigenvalue weighted by atomic mass is 9.88. The van der Waals surface area contributed by atoms with Crippen LogP contribution in [0.25, 0.3) is 0 Å². The molecule has 0 saturated carbocycles. The number of carbonyl (C=O) groups is 1. The monoisotopic (exact) mass is 343 g/mol. The van der Waals surface area contributed by atoms with E-state index in [-0.39, 0.29) is 11.3 Å². The van der Waals surface area contributed by atoms with E-state index in [1.807, 2.05) is 30.5 Å². The molecule has 0 fully saturated rings. The summed E-state index contributed by atoms with van der Waals surface area (Å²) in [7, 11) is 0. The smallest absolute Gasteiger partial charge is 0.252 e. The normalized spacial score (nSPS) is 11.4. The number of carbonyl (C=O) groups excluding carboxylic acids is 1. The third-order valence-corrected chi connectivity index (χ3v) is 4.42. The van der Waals surface area contributed by atoms with Crippen molar-refractivity contribution in [2.75, 3.05) is 18.1 Å². The molecule has 0 aliphatic heterocycles. The van der Waals surface area contributed by atoms with Crippen LogP contribution in [-0.4, -0.2) is 24.0 Å². The average Bonchev–Trinajstić information content (AvgIpc) is 2.42. The lowest BCUT2D eigenvalue weighted by molar-refractivity contribution is 0.0931. The first-order chi connectivity index (χ1) is 9.00. The SMILES string of the molecule is CSc1ccccc1C(=O)NCC(C)(C)CCCBr. The fourth-order valence-electron chi connectivity index (χ4n) is 1.88. The highest BCUT2D eigenvalue weighted by Crippen LogP contribution is 2.23. The quantitative estimate of drug-likeness (QED) is 0.589. The third-order valence-electron chi connectivity index (χ3n) is 3.07. The van der Waals surface area contributed by atoms with Gasteiger partial charge in [-0.2, -0.15) is 0 Å². The molecule has 1 rings (SSSR count). The summed E-state index contributed by atoms with van der Waals surface area (Å²) in [5, 5.41) is 4.07. The minimum Gasteiger partial charge on any atom is -0.351 e. The van der Waals surface area contributed by atoms with Crippen LogP contribution in [0, 0.1) is 5.41 Å². The number of nitrogens with one attached hydrogen (secondary N) is 1. The minimum absolute atomic E-state index is 0.0249. The second-order valence-corrected chi connectivity index (χ2v) is 6.98.